The van der Waals surface area contributed by atoms with Crippen LogP contribution in [0.25, 0.3) is 11.1 Å². The van der Waals surface area contributed by atoms with E-state index in [1.165, 1.54) is 17.5 Å². The lowest BCUT2D eigenvalue weighted by molar-refractivity contribution is -0.150. The van der Waals surface area contributed by atoms with E-state index in [9.17, 15) is 4.79 Å². The fourth-order valence-corrected chi connectivity index (χ4v) is 4.87. The van der Waals surface area contributed by atoms with Crippen LogP contribution in [-0.2, 0) is 9.53 Å². The Balaban J connectivity index is 1.62. The molecule has 2 aromatic carbocycles. The van der Waals surface area contributed by atoms with Gasteiger partial charge in [-0.3, -0.25) is 4.90 Å². The Morgan fingerprint density at radius 1 is 1.12 bits per heavy atom. The Morgan fingerprint density at radius 2 is 1.84 bits per heavy atom. The maximum absolute atomic E-state index is 12.4. The van der Waals surface area contributed by atoms with Crippen LogP contribution in [0, 0.1) is 11.8 Å². The molecule has 0 N–H and O–H groups in total. The van der Waals surface area contributed by atoms with Gasteiger partial charge in [-0.15, -0.1) is 0 Å². The minimum Gasteiger partial charge on any atom is -0.450 e. The zero-order valence-electron chi connectivity index (χ0n) is 19.2. The van der Waals surface area contributed by atoms with Gasteiger partial charge in [-0.1, -0.05) is 73.7 Å². The van der Waals surface area contributed by atoms with Crippen molar-refractivity contribution in [2.45, 2.75) is 51.2 Å². The van der Waals surface area contributed by atoms with E-state index in [1.54, 1.807) is 6.08 Å². The highest BCUT2D eigenvalue weighted by Crippen LogP contribution is 2.40. The van der Waals surface area contributed by atoms with E-state index in [0.29, 0.717) is 0 Å². The number of carbonyl (C=O) groups is 1. The van der Waals surface area contributed by atoms with Gasteiger partial charge in [0, 0.05) is 22.8 Å². The number of allylic oxidation sites excluding steroid dienone is 1. The van der Waals surface area contributed by atoms with Crippen LogP contribution in [0.1, 0.15) is 45.1 Å². The summed E-state index contributed by atoms with van der Waals surface area (Å²) in [6, 6.07) is 18.8. The third-order valence-corrected chi connectivity index (χ3v) is 6.55. The van der Waals surface area contributed by atoms with Crippen LogP contribution in [0.15, 0.2) is 77.9 Å². The number of hydrogen-bond donors (Lipinski definition) is 0. The van der Waals surface area contributed by atoms with Gasteiger partial charge in [-0.25, -0.2) is 4.79 Å². The molecule has 2 aliphatic rings. The van der Waals surface area contributed by atoms with Gasteiger partial charge in [-0.2, -0.15) is 0 Å². The summed E-state index contributed by atoms with van der Waals surface area (Å²) in [7, 11) is 2.13. The van der Waals surface area contributed by atoms with Crippen molar-refractivity contribution in [2.24, 2.45) is 0 Å². The van der Waals surface area contributed by atoms with E-state index >= 15 is 0 Å². The van der Waals surface area contributed by atoms with Crippen LogP contribution in [0.2, 0.25) is 0 Å². The third kappa shape index (κ3) is 4.56. The summed E-state index contributed by atoms with van der Waals surface area (Å²) < 4.78 is 5.93. The summed E-state index contributed by atoms with van der Waals surface area (Å²) in [4.78, 5) is 14.7. The molecule has 164 valence electrons. The molecule has 32 heavy (non-hydrogen) atoms. The van der Waals surface area contributed by atoms with Gasteiger partial charge in [0.05, 0.1) is 6.04 Å². The summed E-state index contributed by atoms with van der Waals surface area (Å²) in [6.07, 6.45) is 7.97. The molecule has 1 fully saturated rings. The Bertz CT molecular complexity index is 1090. The second kappa shape index (κ2) is 9.59. The van der Waals surface area contributed by atoms with Gasteiger partial charge in [-0.05, 0) is 63.0 Å². The third-order valence-electron chi connectivity index (χ3n) is 6.55. The molecule has 0 spiro atoms. The first-order chi connectivity index (χ1) is 15.5. The van der Waals surface area contributed by atoms with Crippen molar-refractivity contribution >= 4 is 5.97 Å². The minimum atomic E-state index is -0.668. The summed E-state index contributed by atoms with van der Waals surface area (Å²) in [5, 5.41) is 0. The van der Waals surface area contributed by atoms with Crippen molar-refractivity contribution in [3.63, 3.8) is 0 Å². The molecule has 0 saturated carbocycles. The first-order valence-corrected chi connectivity index (χ1v) is 11.5. The van der Waals surface area contributed by atoms with E-state index in [2.05, 4.69) is 80.1 Å². The van der Waals surface area contributed by atoms with Crippen LogP contribution >= 0.6 is 0 Å². The molecular weight excluding hydrogens is 394 g/mol. The Labute approximate surface area is 191 Å². The summed E-state index contributed by atoms with van der Waals surface area (Å²) in [5.41, 5.74) is 4.46. The molecule has 1 saturated heterocycles. The smallest absolute Gasteiger partial charge is 0.332 e. The highest BCUT2D eigenvalue weighted by molar-refractivity contribution is 5.89. The number of nitrogens with zero attached hydrogens (tertiary/aromatic N) is 1. The number of likely N-dealkylation sites (tertiary alicyclic amines) is 1. The maximum Gasteiger partial charge on any atom is 0.332 e. The number of cyclic esters (lactones) is 1. The number of carbonyl (C=O) groups excluding carboxylic acids is 1. The molecular formula is C29H31NO2. The molecule has 3 nitrogen and oxygen atoms in total. The van der Waals surface area contributed by atoms with E-state index in [-0.39, 0.29) is 12.0 Å². The average molecular weight is 426 g/mol. The van der Waals surface area contributed by atoms with Crippen molar-refractivity contribution in [3.8, 4) is 23.0 Å². The number of hydrogen-bond acceptors (Lipinski definition) is 3. The molecule has 1 unspecified atom stereocenters. The fourth-order valence-electron chi connectivity index (χ4n) is 4.87. The first-order valence-electron chi connectivity index (χ1n) is 11.5. The normalized spacial score (nSPS) is 23.8. The van der Waals surface area contributed by atoms with Gasteiger partial charge in [0.15, 0.2) is 5.60 Å². The van der Waals surface area contributed by atoms with Crippen molar-refractivity contribution in [2.75, 3.05) is 13.6 Å². The Morgan fingerprint density at radius 3 is 2.53 bits per heavy atom. The molecule has 4 rings (SSSR count). The van der Waals surface area contributed by atoms with Crippen LogP contribution in [0.5, 0.6) is 0 Å². The maximum atomic E-state index is 12.4. The van der Waals surface area contributed by atoms with E-state index in [0.717, 1.165) is 42.5 Å². The van der Waals surface area contributed by atoms with E-state index in [1.807, 2.05) is 18.2 Å². The molecule has 0 aliphatic carbocycles. The molecule has 0 radical (unpaired) electrons. The first kappa shape index (κ1) is 22.1. The summed E-state index contributed by atoms with van der Waals surface area (Å²) >= 11 is 0. The quantitative estimate of drug-likeness (QED) is 0.460. The molecule has 0 amide bonds. The molecule has 0 aromatic heterocycles. The van der Waals surface area contributed by atoms with E-state index in [4.69, 9.17) is 4.74 Å². The van der Waals surface area contributed by atoms with Crippen molar-refractivity contribution < 1.29 is 9.53 Å². The number of piperidine rings is 1. The number of esters is 1. The fraction of sp³-hybridized carbons (Fsp3) is 0.345. The van der Waals surface area contributed by atoms with Gasteiger partial charge in [0.25, 0.3) is 0 Å². The van der Waals surface area contributed by atoms with Gasteiger partial charge in [0.1, 0.15) is 0 Å². The second-order valence-electron chi connectivity index (χ2n) is 8.80. The summed E-state index contributed by atoms with van der Waals surface area (Å²) in [6.45, 7) is 5.17. The highest BCUT2D eigenvalue weighted by atomic mass is 16.6. The summed E-state index contributed by atoms with van der Waals surface area (Å²) in [5.74, 6) is 6.41. The van der Waals surface area contributed by atoms with Crippen LogP contribution in [0.3, 0.4) is 0 Å². The SMILES string of the molecule is CC/C=C(/C#Cc1ccc(-c2ccccc2)cc1)C1=CC(=O)O[C@]1(C)C1CCCCN1C. The standard InChI is InChI=1S/C29H31NO2/c1-4-10-25(19-16-22-14-17-24(18-15-22)23-11-6-5-7-12-23)26-21-28(31)32-29(26,2)27-13-8-9-20-30(27)3/h5-7,10-12,14-15,17-18,21,27H,4,8-9,13,20H2,1-3H3/b25-10-/t27?,29-/m0/s1. The number of likely N-dealkylation sites (N-methyl/N-ethyl adjacent to an activating group) is 1. The highest BCUT2D eigenvalue weighted by Gasteiger charge is 2.48. The lowest BCUT2D eigenvalue weighted by Gasteiger charge is -2.43. The van der Waals surface area contributed by atoms with Crippen molar-refractivity contribution in [1.29, 1.82) is 0 Å². The molecule has 2 aromatic rings. The zero-order valence-corrected chi connectivity index (χ0v) is 19.2. The van der Waals surface area contributed by atoms with Gasteiger partial charge >= 0.3 is 5.97 Å². The Hall–Kier alpha value is -3.09. The topological polar surface area (TPSA) is 29.5 Å². The molecule has 2 aliphatic heterocycles. The van der Waals surface area contributed by atoms with Gasteiger partial charge in [0.2, 0.25) is 0 Å². The van der Waals surface area contributed by atoms with E-state index < -0.39 is 5.60 Å². The Kier molecular flexibility index (Phi) is 6.63. The number of rotatable bonds is 4. The predicted octanol–water partition coefficient (Wildman–Crippen LogP) is 5.77. The van der Waals surface area contributed by atoms with Crippen molar-refractivity contribution in [1.82, 2.24) is 4.90 Å². The molecule has 2 atom stereocenters. The zero-order chi connectivity index (χ0) is 22.6. The van der Waals surface area contributed by atoms with Crippen LogP contribution in [-0.4, -0.2) is 36.1 Å². The van der Waals surface area contributed by atoms with Crippen LogP contribution in [0.4, 0.5) is 0 Å². The predicted molar refractivity (Wildman–Crippen MR) is 130 cm³/mol. The largest absolute Gasteiger partial charge is 0.450 e. The molecule has 2 heterocycles. The molecule has 3 heteroatoms. The monoisotopic (exact) mass is 425 g/mol. The second-order valence-corrected chi connectivity index (χ2v) is 8.80. The van der Waals surface area contributed by atoms with Crippen molar-refractivity contribution in [3.05, 3.63) is 83.5 Å². The number of ether oxygens (including phenoxy) is 1. The van der Waals surface area contributed by atoms with Gasteiger partial charge < -0.3 is 4.74 Å². The minimum absolute atomic E-state index is 0.168. The lowest BCUT2D eigenvalue weighted by atomic mass is 9.79. The average Bonchev–Trinajstić information content (AvgIpc) is 3.12. The van der Waals surface area contributed by atoms with Crippen LogP contribution < -0.4 is 0 Å². The number of benzene rings is 2. The lowest BCUT2D eigenvalue weighted by Crippen LogP contribution is -2.53. The molecule has 0 bridgehead atoms.